The van der Waals surface area contributed by atoms with Gasteiger partial charge in [-0.1, -0.05) is 11.8 Å². The highest BCUT2D eigenvalue weighted by molar-refractivity contribution is 7.93. The first kappa shape index (κ1) is 27.4. The molecule has 2 atom stereocenters. The quantitative estimate of drug-likeness (QED) is 0.326. The number of hydrogen-bond acceptors (Lipinski definition) is 12. The van der Waals surface area contributed by atoms with Crippen LogP contribution in [-0.2, 0) is 14.8 Å². The van der Waals surface area contributed by atoms with Crippen molar-refractivity contribution in [2.45, 2.75) is 25.2 Å². The van der Waals surface area contributed by atoms with Gasteiger partial charge in [0.25, 0.3) is 0 Å². The van der Waals surface area contributed by atoms with Crippen LogP contribution >= 0.6 is 0 Å². The summed E-state index contributed by atoms with van der Waals surface area (Å²) < 4.78 is 46.2. The van der Waals surface area contributed by atoms with Gasteiger partial charge in [-0.15, -0.1) is 10.2 Å². The molecule has 1 aliphatic heterocycles. The number of aliphatic hydroxyl groups excluding tert-OH is 1. The number of hydrogen-bond donors (Lipinski definition) is 3. The number of phenols is 1. The van der Waals surface area contributed by atoms with Gasteiger partial charge in [0.05, 0.1) is 33.1 Å². The first-order valence-electron chi connectivity index (χ1n) is 11.3. The number of anilines is 1. The molecule has 4 rings (SSSR count). The summed E-state index contributed by atoms with van der Waals surface area (Å²) in [6.45, 7) is 2.96. The van der Waals surface area contributed by atoms with Crippen molar-refractivity contribution in [2.75, 3.05) is 26.1 Å². The number of aryl methyl sites for hydroxylation is 1. The van der Waals surface area contributed by atoms with Crippen molar-refractivity contribution in [2.24, 2.45) is 4.99 Å². The first-order chi connectivity index (χ1) is 18.6. The second kappa shape index (κ2) is 11.0. The maximum Gasteiger partial charge on any atom is 0.243 e. The molecule has 0 aliphatic carbocycles. The van der Waals surface area contributed by atoms with Crippen molar-refractivity contribution >= 4 is 27.6 Å². The van der Waals surface area contributed by atoms with Gasteiger partial charge in [-0.3, -0.25) is 14.3 Å². The van der Waals surface area contributed by atoms with Gasteiger partial charge in [0.2, 0.25) is 27.7 Å². The van der Waals surface area contributed by atoms with Crippen LogP contribution in [0, 0.1) is 6.92 Å². The van der Waals surface area contributed by atoms with Crippen molar-refractivity contribution in [3.05, 3.63) is 59.1 Å². The molecule has 204 valence electrons. The van der Waals surface area contributed by atoms with Crippen molar-refractivity contribution in [3.8, 4) is 23.1 Å². The lowest BCUT2D eigenvalue weighted by molar-refractivity contribution is 0.165. The maximum absolute atomic E-state index is 13.5. The fourth-order valence-corrected chi connectivity index (χ4v) is 4.63. The Balaban J connectivity index is 1.82. The smallest absolute Gasteiger partial charge is 0.243 e. The largest absolute Gasteiger partial charge is 0.506 e. The van der Waals surface area contributed by atoms with E-state index in [2.05, 4.69) is 41.3 Å². The summed E-state index contributed by atoms with van der Waals surface area (Å²) in [4.78, 5) is 12.5. The van der Waals surface area contributed by atoms with Crippen molar-refractivity contribution in [3.63, 3.8) is 0 Å². The third kappa shape index (κ3) is 5.33. The van der Waals surface area contributed by atoms with E-state index in [0.717, 1.165) is 0 Å². The molecule has 1 aliphatic rings. The SMILES string of the molecule is COC1=NC(c2nnc(NS(=O)(=O)[C@H](C)[C@@H](O)c3ncc(C)nc3OC)n2-c2c(O)cccc2OC)=C=C=C1. The summed E-state index contributed by atoms with van der Waals surface area (Å²) in [5.74, 6) is -0.253. The van der Waals surface area contributed by atoms with Crippen LogP contribution in [0.4, 0.5) is 5.95 Å². The Bertz CT molecular complexity index is 1650. The fourth-order valence-electron chi connectivity index (χ4n) is 3.59. The van der Waals surface area contributed by atoms with E-state index in [1.54, 1.807) is 19.1 Å². The highest BCUT2D eigenvalue weighted by Gasteiger charge is 2.35. The molecule has 14 nitrogen and oxygen atoms in total. The molecule has 15 heteroatoms. The number of sulfonamides is 1. The van der Waals surface area contributed by atoms with Gasteiger partial charge in [0.15, 0.2) is 11.5 Å². The molecule has 0 amide bonds. The third-order valence-corrected chi connectivity index (χ3v) is 7.35. The minimum absolute atomic E-state index is 0.00941. The molecule has 3 aromatic rings. The van der Waals surface area contributed by atoms with E-state index in [4.69, 9.17) is 14.2 Å². The first-order valence-corrected chi connectivity index (χ1v) is 12.9. The number of nitrogens with zero attached hydrogens (tertiary/aromatic N) is 6. The second-order valence-electron chi connectivity index (χ2n) is 8.13. The van der Waals surface area contributed by atoms with Gasteiger partial charge in [-0.05, 0) is 31.7 Å². The van der Waals surface area contributed by atoms with Gasteiger partial charge in [-0.25, -0.2) is 18.4 Å². The van der Waals surface area contributed by atoms with E-state index in [-0.39, 0.29) is 52.1 Å². The summed E-state index contributed by atoms with van der Waals surface area (Å²) in [6.07, 6.45) is 1.21. The van der Waals surface area contributed by atoms with E-state index in [1.807, 2.05) is 0 Å². The molecular formula is C24H25N7O7S. The average molecular weight is 556 g/mol. The van der Waals surface area contributed by atoms with Crippen LogP contribution < -0.4 is 14.2 Å². The topological polar surface area (TPSA) is 183 Å². The van der Waals surface area contributed by atoms with E-state index in [1.165, 1.54) is 51.2 Å². The molecule has 0 radical (unpaired) electrons. The highest BCUT2D eigenvalue weighted by Crippen LogP contribution is 2.37. The Morgan fingerprint density at radius 3 is 2.59 bits per heavy atom. The molecule has 0 saturated heterocycles. The Labute approximate surface area is 223 Å². The number of aliphatic hydroxyl groups is 1. The number of methoxy groups -OCH3 is 3. The number of ether oxygens (including phenoxy) is 3. The Morgan fingerprint density at radius 1 is 1.13 bits per heavy atom. The summed E-state index contributed by atoms with van der Waals surface area (Å²) in [5.41, 5.74) is 6.09. The van der Waals surface area contributed by atoms with Gasteiger partial charge in [-0.2, -0.15) is 0 Å². The number of aliphatic imine (C=N–C) groups is 1. The van der Waals surface area contributed by atoms with E-state index >= 15 is 0 Å². The standard InChI is InChI=1S/C24H25N7O7S/c1-13-12-25-19(23(26-13)38-5)21(33)14(2)39(34,35)30-24-29-28-22(15-8-6-11-18(27-15)37-4)31(24)20-16(32)9-7-10-17(20)36-3/h7,9-12,14,21,32-33H,1-5H3,(H,29,30)/t14-,21-/m1/s1. The van der Waals surface area contributed by atoms with Crippen LogP contribution in [0.25, 0.3) is 11.4 Å². The Kier molecular flexibility index (Phi) is 7.70. The molecule has 2 aromatic heterocycles. The normalized spacial score (nSPS) is 14.3. The predicted octanol–water partition coefficient (Wildman–Crippen LogP) is 1.66. The summed E-state index contributed by atoms with van der Waals surface area (Å²) in [5, 5.41) is 28.3. The maximum atomic E-state index is 13.5. The third-order valence-electron chi connectivity index (χ3n) is 5.64. The lowest BCUT2D eigenvalue weighted by atomic mass is 10.2. The van der Waals surface area contributed by atoms with E-state index in [0.29, 0.717) is 5.69 Å². The zero-order valence-electron chi connectivity index (χ0n) is 21.6. The average Bonchev–Trinajstić information content (AvgIpc) is 3.33. The molecule has 0 spiro atoms. The van der Waals surface area contributed by atoms with Crippen LogP contribution in [0.5, 0.6) is 17.4 Å². The number of phenolic OH excluding ortho intramolecular Hbond substituents is 1. The van der Waals surface area contributed by atoms with Crippen LogP contribution in [0.15, 0.2) is 46.9 Å². The van der Waals surface area contributed by atoms with Crippen LogP contribution in [-0.4, -0.2) is 75.8 Å². The lowest BCUT2D eigenvalue weighted by Crippen LogP contribution is -2.32. The van der Waals surface area contributed by atoms with Gasteiger partial charge in [0, 0.05) is 6.20 Å². The van der Waals surface area contributed by atoms with E-state index < -0.39 is 21.4 Å². The molecule has 39 heavy (non-hydrogen) atoms. The molecule has 3 N–H and O–H groups in total. The van der Waals surface area contributed by atoms with Crippen LogP contribution in [0.3, 0.4) is 0 Å². The van der Waals surface area contributed by atoms with Gasteiger partial charge >= 0.3 is 0 Å². The second-order valence-corrected chi connectivity index (χ2v) is 10.2. The number of benzene rings is 1. The highest BCUT2D eigenvalue weighted by atomic mass is 32.2. The number of aromatic hydroxyl groups is 1. The molecule has 1 aromatic carbocycles. The number of rotatable bonds is 9. The summed E-state index contributed by atoms with van der Waals surface area (Å²) in [7, 11) is -0.245. The van der Waals surface area contributed by atoms with Crippen molar-refractivity contribution < 1.29 is 32.8 Å². The molecule has 0 saturated carbocycles. The van der Waals surface area contributed by atoms with Gasteiger partial charge in [0.1, 0.15) is 34.2 Å². The fraction of sp³-hybridized carbons (Fsp3) is 0.292. The zero-order chi connectivity index (χ0) is 28.3. The van der Waals surface area contributed by atoms with Crippen molar-refractivity contribution in [1.82, 2.24) is 24.7 Å². The molecule has 3 heterocycles. The monoisotopic (exact) mass is 555 g/mol. The Morgan fingerprint density at radius 2 is 1.90 bits per heavy atom. The number of para-hydroxylation sites is 1. The minimum Gasteiger partial charge on any atom is -0.506 e. The lowest BCUT2D eigenvalue weighted by Gasteiger charge is -2.21. The molecule has 0 fully saturated rings. The molecule has 0 unspecified atom stereocenters. The van der Waals surface area contributed by atoms with E-state index in [9.17, 15) is 18.6 Å². The minimum atomic E-state index is -4.37. The number of nitrogens with one attached hydrogen (secondary N) is 1. The predicted molar refractivity (Wildman–Crippen MR) is 139 cm³/mol. The molecular weight excluding hydrogens is 530 g/mol. The van der Waals surface area contributed by atoms with Crippen molar-refractivity contribution in [1.29, 1.82) is 0 Å². The number of aromatic nitrogens is 5. The molecule has 0 bridgehead atoms. The Hall–Kier alpha value is -4.68. The van der Waals surface area contributed by atoms with Gasteiger partial charge < -0.3 is 24.4 Å². The zero-order valence-corrected chi connectivity index (χ0v) is 22.4. The van der Waals surface area contributed by atoms with Crippen LogP contribution in [0.2, 0.25) is 0 Å². The van der Waals surface area contributed by atoms with Crippen LogP contribution in [0.1, 0.15) is 30.2 Å². The summed E-state index contributed by atoms with van der Waals surface area (Å²) in [6, 6.07) is 4.48. The summed E-state index contributed by atoms with van der Waals surface area (Å²) >= 11 is 0.